The van der Waals surface area contributed by atoms with Gasteiger partial charge in [0, 0.05) is 37.4 Å². The smallest absolute Gasteiger partial charge is 0.405 e. The van der Waals surface area contributed by atoms with Gasteiger partial charge >= 0.3 is 6.36 Å². The fourth-order valence-electron chi connectivity index (χ4n) is 3.20. The van der Waals surface area contributed by atoms with E-state index in [0.29, 0.717) is 24.6 Å². The van der Waals surface area contributed by atoms with Crippen molar-refractivity contribution in [3.8, 4) is 5.75 Å². The molecule has 3 rings (SSSR count). The molecule has 0 aliphatic carbocycles. The Balaban J connectivity index is 0.00000363. The standard InChI is InChI=1S/C22H27F3N4O2.HI/c1-2-26-21(28-16-18-5-3-4-6-20(18)31-22(23,24)25)27-15-17-7-9-19(10-8-17)29-11-13-30-14-12-29;/h3-10H,2,11-16H2,1H3,(H2,26,27,28);1H. The van der Waals surface area contributed by atoms with Gasteiger partial charge in [0.25, 0.3) is 0 Å². The summed E-state index contributed by atoms with van der Waals surface area (Å²) in [5.74, 6) is 0.290. The number of nitrogens with one attached hydrogen (secondary N) is 2. The lowest BCUT2D eigenvalue weighted by molar-refractivity contribution is -0.274. The zero-order valence-electron chi connectivity index (χ0n) is 17.8. The lowest BCUT2D eigenvalue weighted by Gasteiger charge is -2.28. The number of morpholine rings is 1. The largest absolute Gasteiger partial charge is 0.573 e. The number of rotatable bonds is 7. The minimum atomic E-state index is -4.73. The molecule has 1 saturated heterocycles. The van der Waals surface area contributed by atoms with Crippen LogP contribution < -0.4 is 20.3 Å². The predicted octanol–water partition coefficient (Wildman–Crippen LogP) is 4.30. The van der Waals surface area contributed by atoms with Crippen molar-refractivity contribution < 1.29 is 22.6 Å². The highest BCUT2D eigenvalue weighted by Crippen LogP contribution is 2.26. The van der Waals surface area contributed by atoms with Gasteiger partial charge < -0.3 is 25.0 Å². The van der Waals surface area contributed by atoms with E-state index in [1.165, 1.54) is 12.1 Å². The van der Waals surface area contributed by atoms with Crippen LogP contribution in [0.4, 0.5) is 18.9 Å². The first kappa shape index (κ1) is 26.0. The predicted molar refractivity (Wildman–Crippen MR) is 130 cm³/mol. The van der Waals surface area contributed by atoms with E-state index < -0.39 is 6.36 Å². The molecular weight excluding hydrogens is 536 g/mol. The van der Waals surface area contributed by atoms with E-state index in [1.54, 1.807) is 12.1 Å². The third-order valence-electron chi connectivity index (χ3n) is 4.72. The van der Waals surface area contributed by atoms with E-state index in [0.717, 1.165) is 37.6 Å². The van der Waals surface area contributed by atoms with E-state index in [4.69, 9.17) is 4.74 Å². The van der Waals surface area contributed by atoms with Crippen LogP contribution >= 0.6 is 24.0 Å². The van der Waals surface area contributed by atoms with Crippen LogP contribution in [0, 0.1) is 0 Å². The number of para-hydroxylation sites is 1. The molecule has 1 aliphatic heterocycles. The zero-order valence-corrected chi connectivity index (χ0v) is 20.2. The van der Waals surface area contributed by atoms with Crippen molar-refractivity contribution in [2.45, 2.75) is 26.4 Å². The van der Waals surface area contributed by atoms with Crippen LogP contribution in [-0.2, 0) is 17.8 Å². The third-order valence-corrected chi connectivity index (χ3v) is 4.72. The lowest BCUT2D eigenvalue weighted by Crippen LogP contribution is -2.37. The highest BCUT2D eigenvalue weighted by atomic mass is 127. The summed E-state index contributed by atoms with van der Waals surface area (Å²) in [6.07, 6.45) is -4.73. The number of hydrogen-bond acceptors (Lipinski definition) is 4. The minimum Gasteiger partial charge on any atom is -0.405 e. The summed E-state index contributed by atoms with van der Waals surface area (Å²) in [7, 11) is 0. The number of alkyl halides is 3. The molecule has 1 fully saturated rings. The molecule has 0 aromatic heterocycles. The fourth-order valence-corrected chi connectivity index (χ4v) is 3.20. The number of aliphatic imine (C=N–C) groups is 1. The van der Waals surface area contributed by atoms with Gasteiger partial charge in [0.2, 0.25) is 0 Å². The van der Waals surface area contributed by atoms with Crippen molar-refractivity contribution in [2.24, 2.45) is 4.99 Å². The maximum Gasteiger partial charge on any atom is 0.573 e. The Morgan fingerprint density at radius 1 is 1.06 bits per heavy atom. The normalized spacial score (nSPS) is 14.5. The summed E-state index contributed by atoms with van der Waals surface area (Å²) in [4.78, 5) is 6.82. The van der Waals surface area contributed by atoms with Crippen LogP contribution in [0.3, 0.4) is 0 Å². The molecule has 0 unspecified atom stereocenters. The van der Waals surface area contributed by atoms with Crippen molar-refractivity contribution in [3.05, 3.63) is 59.7 Å². The van der Waals surface area contributed by atoms with Crippen LogP contribution in [0.15, 0.2) is 53.5 Å². The molecule has 0 bridgehead atoms. The molecule has 32 heavy (non-hydrogen) atoms. The molecule has 0 atom stereocenters. The quantitative estimate of drug-likeness (QED) is 0.299. The van der Waals surface area contributed by atoms with Crippen molar-refractivity contribution >= 4 is 35.6 Å². The number of hydrogen-bond donors (Lipinski definition) is 2. The molecule has 0 saturated carbocycles. The maximum atomic E-state index is 12.6. The minimum absolute atomic E-state index is 0. The van der Waals surface area contributed by atoms with Gasteiger partial charge in [-0.1, -0.05) is 30.3 Å². The van der Waals surface area contributed by atoms with Gasteiger partial charge in [-0.3, -0.25) is 0 Å². The summed E-state index contributed by atoms with van der Waals surface area (Å²) in [6.45, 7) is 6.38. The first-order chi connectivity index (χ1) is 14.9. The lowest BCUT2D eigenvalue weighted by atomic mass is 10.2. The van der Waals surface area contributed by atoms with Crippen LogP contribution in [0.5, 0.6) is 5.75 Å². The molecule has 0 radical (unpaired) electrons. The Hall–Kier alpha value is -2.21. The Morgan fingerprint density at radius 3 is 2.41 bits per heavy atom. The van der Waals surface area contributed by atoms with Gasteiger partial charge in [0.15, 0.2) is 5.96 Å². The fraction of sp³-hybridized carbons (Fsp3) is 0.409. The van der Waals surface area contributed by atoms with Gasteiger partial charge in [0.05, 0.1) is 19.8 Å². The monoisotopic (exact) mass is 564 g/mol. The van der Waals surface area contributed by atoms with Crippen LogP contribution in [-0.4, -0.2) is 45.2 Å². The van der Waals surface area contributed by atoms with Gasteiger partial charge in [-0.05, 0) is 30.7 Å². The van der Waals surface area contributed by atoms with E-state index in [1.807, 2.05) is 19.1 Å². The summed E-state index contributed by atoms with van der Waals surface area (Å²) >= 11 is 0. The maximum absolute atomic E-state index is 12.6. The molecule has 6 nitrogen and oxygen atoms in total. The number of nitrogens with zero attached hydrogens (tertiary/aromatic N) is 2. The Morgan fingerprint density at radius 2 is 1.75 bits per heavy atom. The van der Waals surface area contributed by atoms with E-state index in [9.17, 15) is 13.2 Å². The number of guanidine groups is 1. The van der Waals surface area contributed by atoms with Gasteiger partial charge in [-0.25, -0.2) is 4.99 Å². The van der Waals surface area contributed by atoms with Crippen LogP contribution in [0.1, 0.15) is 18.1 Å². The second kappa shape index (κ2) is 12.7. The molecule has 176 valence electrons. The second-order valence-electron chi connectivity index (χ2n) is 6.97. The van der Waals surface area contributed by atoms with E-state index >= 15 is 0 Å². The van der Waals surface area contributed by atoms with Crippen LogP contribution in [0.2, 0.25) is 0 Å². The van der Waals surface area contributed by atoms with Crippen molar-refractivity contribution in [2.75, 3.05) is 37.7 Å². The molecule has 0 amide bonds. The third kappa shape index (κ3) is 8.38. The highest BCUT2D eigenvalue weighted by Gasteiger charge is 2.31. The Bertz CT molecular complexity index is 857. The first-order valence-corrected chi connectivity index (χ1v) is 10.2. The summed E-state index contributed by atoms with van der Waals surface area (Å²) in [5, 5.41) is 6.17. The Kier molecular flexibility index (Phi) is 10.4. The van der Waals surface area contributed by atoms with Gasteiger partial charge in [-0.2, -0.15) is 0 Å². The number of halogens is 4. The number of benzene rings is 2. The molecule has 2 N–H and O–H groups in total. The van der Waals surface area contributed by atoms with Crippen molar-refractivity contribution in [1.29, 1.82) is 0 Å². The number of anilines is 1. The molecule has 10 heteroatoms. The first-order valence-electron chi connectivity index (χ1n) is 10.2. The summed E-state index contributed by atoms with van der Waals surface area (Å²) < 4.78 is 47.3. The van der Waals surface area contributed by atoms with Crippen LogP contribution in [0.25, 0.3) is 0 Å². The summed E-state index contributed by atoms with van der Waals surface area (Å²) in [6, 6.07) is 14.3. The average Bonchev–Trinajstić information content (AvgIpc) is 2.76. The molecular formula is C22H28F3IN4O2. The second-order valence-corrected chi connectivity index (χ2v) is 6.97. The van der Waals surface area contributed by atoms with E-state index in [2.05, 4.69) is 37.4 Å². The molecule has 0 spiro atoms. The number of ether oxygens (including phenoxy) is 2. The SMILES string of the molecule is CCNC(=NCc1ccc(N2CCOCC2)cc1)NCc1ccccc1OC(F)(F)F.I. The van der Waals surface area contributed by atoms with Crippen molar-refractivity contribution in [1.82, 2.24) is 10.6 Å². The Labute approximate surface area is 203 Å². The van der Waals surface area contributed by atoms with Gasteiger partial charge in [0.1, 0.15) is 5.75 Å². The van der Waals surface area contributed by atoms with Crippen molar-refractivity contribution in [3.63, 3.8) is 0 Å². The molecule has 1 heterocycles. The average molecular weight is 564 g/mol. The van der Waals surface area contributed by atoms with Gasteiger partial charge in [-0.15, -0.1) is 37.1 Å². The molecule has 2 aromatic carbocycles. The van der Waals surface area contributed by atoms with E-state index in [-0.39, 0.29) is 36.3 Å². The summed E-state index contributed by atoms with van der Waals surface area (Å²) in [5.41, 5.74) is 2.58. The molecule has 1 aliphatic rings. The zero-order chi connectivity index (χ0) is 22.1. The highest BCUT2D eigenvalue weighted by molar-refractivity contribution is 14.0. The molecule has 2 aromatic rings. The topological polar surface area (TPSA) is 58.1 Å².